The summed E-state index contributed by atoms with van der Waals surface area (Å²) in [5, 5.41) is 14.6. The van der Waals surface area contributed by atoms with Crippen LogP contribution in [-0.4, -0.2) is 23.2 Å². The van der Waals surface area contributed by atoms with E-state index in [0.29, 0.717) is 33.5 Å². The average molecular weight is 461 g/mol. The molecule has 1 fully saturated rings. The summed E-state index contributed by atoms with van der Waals surface area (Å²) in [6.07, 6.45) is 2.65. The highest BCUT2D eigenvalue weighted by atomic mass is 35.5. The SMILES string of the molecule is Nc1sc(-c2ccc(Cl)cc2)c(-c2ccc(Cl)cc2)c1C(=O)NC1CCC(O)CC1. The van der Waals surface area contributed by atoms with Crippen molar-refractivity contribution in [2.24, 2.45) is 0 Å². The van der Waals surface area contributed by atoms with E-state index in [-0.39, 0.29) is 18.1 Å². The molecule has 2 aromatic carbocycles. The standard InChI is InChI=1S/C23H22Cl2N2O2S/c24-15-5-1-13(2-6-15)19-20(23(29)27-17-9-11-18(28)12-10-17)22(26)30-21(19)14-3-7-16(25)8-4-14/h1-8,17-18,28H,9-12,26H2,(H,27,29). The topological polar surface area (TPSA) is 75.4 Å². The van der Waals surface area contributed by atoms with Gasteiger partial charge >= 0.3 is 0 Å². The lowest BCUT2D eigenvalue weighted by atomic mass is 9.92. The molecule has 0 unspecified atom stereocenters. The van der Waals surface area contributed by atoms with E-state index in [2.05, 4.69) is 5.32 Å². The Balaban J connectivity index is 1.76. The summed E-state index contributed by atoms with van der Waals surface area (Å²) in [5.41, 5.74) is 9.47. The van der Waals surface area contributed by atoms with Crippen LogP contribution in [0.25, 0.3) is 21.6 Å². The Bertz CT molecular complexity index is 1040. The molecule has 1 aliphatic carbocycles. The van der Waals surface area contributed by atoms with E-state index in [9.17, 15) is 9.90 Å². The number of aliphatic hydroxyl groups is 1. The van der Waals surface area contributed by atoms with Crippen molar-refractivity contribution >= 4 is 45.4 Å². The van der Waals surface area contributed by atoms with E-state index < -0.39 is 0 Å². The molecule has 1 saturated carbocycles. The Morgan fingerprint density at radius 1 is 0.933 bits per heavy atom. The molecule has 1 aromatic heterocycles. The highest BCUT2D eigenvalue weighted by Crippen LogP contribution is 2.45. The number of benzene rings is 2. The number of rotatable bonds is 4. The molecule has 4 nitrogen and oxygen atoms in total. The number of nitrogens with one attached hydrogen (secondary N) is 1. The third kappa shape index (κ3) is 4.49. The van der Waals surface area contributed by atoms with E-state index >= 15 is 0 Å². The Labute approximate surface area is 189 Å². The normalized spacial score (nSPS) is 18.9. The summed E-state index contributed by atoms with van der Waals surface area (Å²) in [4.78, 5) is 14.2. The molecule has 7 heteroatoms. The highest BCUT2D eigenvalue weighted by Gasteiger charge is 2.27. The molecule has 1 heterocycles. The van der Waals surface area contributed by atoms with Crippen LogP contribution in [0.2, 0.25) is 10.0 Å². The summed E-state index contributed by atoms with van der Waals surface area (Å²) in [7, 11) is 0. The van der Waals surface area contributed by atoms with Crippen molar-refractivity contribution in [1.29, 1.82) is 0 Å². The van der Waals surface area contributed by atoms with Crippen molar-refractivity contribution in [2.45, 2.75) is 37.8 Å². The molecule has 0 saturated heterocycles. The summed E-state index contributed by atoms with van der Waals surface area (Å²) >= 11 is 13.5. The van der Waals surface area contributed by atoms with Crippen LogP contribution in [0, 0.1) is 0 Å². The first kappa shape index (κ1) is 21.2. The number of nitrogens with two attached hydrogens (primary N) is 1. The monoisotopic (exact) mass is 460 g/mol. The summed E-state index contributed by atoms with van der Waals surface area (Å²) in [6.45, 7) is 0. The molecule has 4 N–H and O–H groups in total. The highest BCUT2D eigenvalue weighted by molar-refractivity contribution is 7.20. The van der Waals surface area contributed by atoms with Gasteiger partial charge in [-0.15, -0.1) is 11.3 Å². The lowest BCUT2D eigenvalue weighted by molar-refractivity contribution is 0.0869. The van der Waals surface area contributed by atoms with Gasteiger partial charge < -0.3 is 16.2 Å². The molecule has 0 radical (unpaired) electrons. The number of carbonyl (C=O) groups is 1. The number of amides is 1. The molecule has 4 rings (SSSR count). The van der Waals surface area contributed by atoms with Gasteiger partial charge in [-0.1, -0.05) is 47.5 Å². The van der Waals surface area contributed by atoms with Gasteiger partial charge in [-0.3, -0.25) is 4.79 Å². The molecule has 1 aliphatic rings. The lowest BCUT2D eigenvalue weighted by Crippen LogP contribution is -2.38. The molecular formula is C23H22Cl2N2O2S. The number of hydrogen-bond acceptors (Lipinski definition) is 4. The zero-order valence-electron chi connectivity index (χ0n) is 16.2. The fourth-order valence-electron chi connectivity index (χ4n) is 3.85. The molecule has 0 atom stereocenters. The van der Waals surface area contributed by atoms with Gasteiger partial charge in [-0.05, 0) is 61.1 Å². The van der Waals surface area contributed by atoms with Crippen LogP contribution in [0.5, 0.6) is 0 Å². The van der Waals surface area contributed by atoms with E-state index in [0.717, 1.165) is 34.4 Å². The smallest absolute Gasteiger partial charge is 0.255 e. The van der Waals surface area contributed by atoms with Gasteiger partial charge in [-0.2, -0.15) is 0 Å². The predicted octanol–water partition coefficient (Wildman–Crippen LogP) is 6.00. The first-order valence-electron chi connectivity index (χ1n) is 9.85. The van der Waals surface area contributed by atoms with Crippen molar-refractivity contribution in [3.63, 3.8) is 0 Å². The number of carbonyl (C=O) groups excluding carboxylic acids is 1. The van der Waals surface area contributed by atoms with E-state index in [4.69, 9.17) is 28.9 Å². The van der Waals surface area contributed by atoms with Crippen LogP contribution in [0.3, 0.4) is 0 Å². The van der Waals surface area contributed by atoms with Gasteiger partial charge in [0.2, 0.25) is 0 Å². The minimum Gasteiger partial charge on any atom is -0.393 e. The van der Waals surface area contributed by atoms with Gasteiger partial charge in [0.05, 0.1) is 16.7 Å². The number of anilines is 1. The first-order valence-corrected chi connectivity index (χ1v) is 11.4. The molecular weight excluding hydrogens is 439 g/mol. The van der Waals surface area contributed by atoms with Gasteiger partial charge in [0.1, 0.15) is 0 Å². The molecule has 0 aliphatic heterocycles. The number of aliphatic hydroxyl groups excluding tert-OH is 1. The molecule has 3 aromatic rings. The Kier molecular flexibility index (Phi) is 6.34. The maximum Gasteiger partial charge on any atom is 0.255 e. The quantitative estimate of drug-likeness (QED) is 0.446. The lowest BCUT2D eigenvalue weighted by Gasteiger charge is -2.26. The third-order valence-electron chi connectivity index (χ3n) is 5.43. The minimum absolute atomic E-state index is 0.0391. The first-order chi connectivity index (χ1) is 14.4. The maximum absolute atomic E-state index is 13.3. The molecule has 30 heavy (non-hydrogen) atoms. The zero-order valence-corrected chi connectivity index (χ0v) is 18.5. The fourth-order valence-corrected chi connectivity index (χ4v) is 5.19. The average Bonchev–Trinajstić information content (AvgIpc) is 3.08. The second kappa shape index (κ2) is 8.98. The summed E-state index contributed by atoms with van der Waals surface area (Å²) in [5.74, 6) is -0.185. The second-order valence-electron chi connectivity index (χ2n) is 7.54. The maximum atomic E-state index is 13.3. The number of hydrogen-bond donors (Lipinski definition) is 3. The summed E-state index contributed by atoms with van der Waals surface area (Å²) in [6, 6.07) is 15.0. The van der Waals surface area contributed by atoms with E-state index in [1.165, 1.54) is 11.3 Å². The summed E-state index contributed by atoms with van der Waals surface area (Å²) < 4.78 is 0. The molecule has 0 bridgehead atoms. The van der Waals surface area contributed by atoms with Crippen molar-refractivity contribution in [3.05, 3.63) is 64.1 Å². The van der Waals surface area contributed by atoms with Crippen molar-refractivity contribution in [3.8, 4) is 21.6 Å². The fraction of sp³-hybridized carbons (Fsp3) is 0.261. The minimum atomic E-state index is -0.273. The second-order valence-corrected chi connectivity index (χ2v) is 9.46. The third-order valence-corrected chi connectivity index (χ3v) is 7.01. The van der Waals surface area contributed by atoms with E-state index in [1.54, 1.807) is 12.1 Å². The number of thiophene rings is 1. The van der Waals surface area contributed by atoms with Gasteiger partial charge in [-0.25, -0.2) is 0 Å². The van der Waals surface area contributed by atoms with Crippen molar-refractivity contribution in [2.75, 3.05) is 5.73 Å². The zero-order chi connectivity index (χ0) is 21.3. The van der Waals surface area contributed by atoms with Crippen molar-refractivity contribution < 1.29 is 9.90 Å². The van der Waals surface area contributed by atoms with Crippen LogP contribution < -0.4 is 11.1 Å². The predicted molar refractivity (Wildman–Crippen MR) is 125 cm³/mol. The Morgan fingerprint density at radius 3 is 2.03 bits per heavy atom. The van der Waals surface area contributed by atoms with Crippen LogP contribution in [0.1, 0.15) is 36.0 Å². The van der Waals surface area contributed by atoms with Crippen molar-refractivity contribution in [1.82, 2.24) is 5.32 Å². The molecule has 1 amide bonds. The van der Waals surface area contributed by atoms with Crippen LogP contribution in [0.4, 0.5) is 5.00 Å². The van der Waals surface area contributed by atoms with Gasteiger partial charge in [0, 0.05) is 26.5 Å². The Morgan fingerprint density at radius 2 is 1.47 bits per heavy atom. The van der Waals surface area contributed by atoms with Crippen LogP contribution in [-0.2, 0) is 0 Å². The number of halogens is 2. The van der Waals surface area contributed by atoms with E-state index in [1.807, 2.05) is 36.4 Å². The molecule has 156 valence electrons. The van der Waals surface area contributed by atoms with Crippen LogP contribution in [0.15, 0.2) is 48.5 Å². The Hall–Kier alpha value is -2.05. The number of nitrogen functional groups attached to an aromatic ring is 1. The van der Waals surface area contributed by atoms with Gasteiger partial charge in [0.25, 0.3) is 5.91 Å². The largest absolute Gasteiger partial charge is 0.393 e. The molecule has 0 spiro atoms. The van der Waals surface area contributed by atoms with Gasteiger partial charge in [0.15, 0.2) is 0 Å². The van der Waals surface area contributed by atoms with Crippen LogP contribution >= 0.6 is 34.5 Å².